The second-order valence-corrected chi connectivity index (χ2v) is 7.18. The van der Waals surface area contributed by atoms with Crippen molar-refractivity contribution in [1.29, 1.82) is 0 Å². The van der Waals surface area contributed by atoms with Crippen molar-refractivity contribution in [2.75, 3.05) is 33.3 Å². The number of ether oxygens (including phenoxy) is 1. The summed E-state index contributed by atoms with van der Waals surface area (Å²) in [6.07, 6.45) is 0. The van der Waals surface area contributed by atoms with Crippen LogP contribution in [0.5, 0.6) is 5.75 Å². The van der Waals surface area contributed by atoms with Crippen molar-refractivity contribution < 1.29 is 14.6 Å². The maximum absolute atomic E-state index is 11.8. The van der Waals surface area contributed by atoms with Crippen LogP contribution in [0.4, 0.5) is 0 Å². The Morgan fingerprint density at radius 3 is 2.91 bits per heavy atom. The molecule has 126 valence electrons. The predicted molar refractivity (Wildman–Crippen MR) is 88.8 cm³/mol. The Bertz CT molecular complexity index is 602. The van der Waals surface area contributed by atoms with Crippen LogP contribution in [0.15, 0.2) is 18.2 Å². The number of carboxylic acids is 1. The van der Waals surface area contributed by atoms with E-state index in [0.717, 1.165) is 30.9 Å². The molecule has 0 unspecified atom stereocenters. The van der Waals surface area contributed by atoms with Crippen LogP contribution in [0, 0.1) is 11.3 Å². The van der Waals surface area contributed by atoms with Crippen LogP contribution in [-0.2, 0) is 11.3 Å². The molecular weight excluding hydrogens is 292 g/mol. The highest BCUT2D eigenvalue weighted by molar-refractivity contribution is 5.77. The summed E-state index contributed by atoms with van der Waals surface area (Å²) in [4.78, 5) is 14.0. The molecule has 0 spiro atoms. The summed E-state index contributed by atoms with van der Waals surface area (Å²) < 4.78 is 5.50. The molecule has 0 aromatic heterocycles. The molecule has 2 saturated heterocycles. The number of rotatable bonds is 5. The van der Waals surface area contributed by atoms with Crippen molar-refractivity contribution >= 4 is 5.97 Å². The average Bonchev–Trinajstić information content (AvgIpc) is 3.04. The van der Waals surface area contributed by atoms with Crippen LogP contribution < -0.4 is 10.1 Å². The van der Waals surface area contributed by atoms with Crippen LogP contribution in [0.1, 0.15) is 30.9 Å². The molecule has 0 bridgehead atoms. The number of aliphatic carboxylic acids is 1. The summed E-state index contributed by atoms with van der Waals surface area (Å²) in [6, 6.07) is 6.33. The van der Waals surface area contributed by atoms with E-state index in [2.05, 4.69) is 36.2 Å². The van der Waals surface area contributed by atoms with E-state index < -0.39 is 11.4 Å². The quantitative estimate of drug-likeness (QED) is 0.868. The zero-order valence-electron chi connectivity index (χ0n) is 14.1. The van der Waals surface area contributed by atoms with Gasteiger partial charge in [-0.2, -0.15) is 0 Å². The Hall–Kier alpha value is -1.59. The van der Waals surface area contributed by atoms with Gasteiger partial charge in [-0.3, -0.25) is 9.69 Å². The molecule has 2 fully saturated rings. The van der Waals surface area contributed by atoms with Gasteiger partial charge in [-0.25, -0.2) is 0 Å². The monoisotopic (exact) mass is 318 g/mol. The molecule has 1 aromatic carbocycles. The molecule has 23 heavy (non-hydrogen) atoms. The molecule has 2 N–H and O–H groups in total. The average molecular weight is 318 g/mol. The molecule has 5 heteroatoms. The van der Waals surface area contributed by atoms with Gasteiger partial charge in [0.1, 0.15) is 5.75 Å². The van der Waals surface area contributed by atoms with E-state index >= 15 is 0 Å². The first-order chi connectivity index (χ1) is 11.0. The van der Waals surface area contributed by atoms with Gasteiger partial charge in [-0.1, -0.05) is 26.0 Å². The first-order valence-electron chi connectivity index (χ1n) is 8.29. The van der Waals surface area contributed by atoms with Crippen molar-refractivity contribution in [2.45, 2.75) is 26.3 Å². The topological polar surface area (TPSA) is 61.8 Å². The predicted octanol–water partition coefficient (Wildman–Crippen LogP) is 1.92. The minimum Gasteiger partial charge on any atom is -0.496 e. The number of likely N-dealkylation sites (tertiary alicyclic amines) is 1. The minimum absolute atomic E-state index is 0.194. The highest BCUT2D eigenvalue weighted by Gasteiger charge is 2.54. The summed E-state index contributed by atoms with van der Waals surface area (Å²) in [5.74, 6) is 0.873. The van der Waals surface area contributed by atoms with E-state index in [0.29, 0.717) is 19.0 Å². The Morgan fingerprint density at radius 1 is 1.52 bits per heavy atom. The molecule has 5 nitrogen and oxygen atoms in total. The van der Waals surface area contributed by atoms with Gasteiger partial charge in [0.05, 0.1) is 12.5 Å². The SMILES string of the molecule is COc1ccc(C(C)C)cc1CN1C[C@@H]2CNC[C@]2(C(=O)O)C1. The Labute approximate surface area is 137 Å². The van der Waals surface area contributed by atoms with Gasteiger partial charge in [0.15, 0.2) is 0 Å². The second-order valence-electron chi connectivity index (χ2n) is 7.18. The third-order valence-electron chi connectivity index (χ3n) is 5.39. The number of hydrogen-bond acceptors (Lipinski definition) is 4. The van der Waals surface area contributed by atoms with Gasteiger partial charge in [-0.05, 0) is 17.5 Å². The highest BCUT2D eigenvalue weighted by Crippen LogP contribution is 2.40. The van der Waals surface area contributed by atoms with Crippen molar-refractivity contribution in [3.8, 4) is 5.75 Å². The maximum Gasteiger partial charge on any atom is 0.312 e. The number of methoxy groups -OCH3 is 1. The molecule has 0 saturated carbocycles. The summed E-state index contributed by atoms with van der Waals surface area (Å²) in [5, 5.41) is 12.9. The molecular formula is C18H26N2O3. The Morgan fingerprint density at radius 2 is 2.30 bits per heavy atom. The van der Waals surface area contributed by atoms with Gasteiger partial charge in [-0.15, -0.1) is 0 Å². The zero-order chi connectivity index (χ0) is 16.6. The van der Waals surface area contributed by atoms with Crippen molar-refractivity contribution in [2.24, 2.45) is 11.3 Å². The largest absolute Gasteiger partial charge is 0.496 e. The number of carbonyl (C=O) groups is 1. The molecule has 2 heterocycles. The first kappa shape index (κ1) is 16.3. The van der Waals surface area contributed by atoms with Crippen LogP contribution >= 0.6 is 0 Å². The summed E-state index contributed by atoms with van der Waals surface area (Å²) >= 11 is 0. The number of carboxylic acid groups (broad SMARTS) is 1. The molecule has 0 radical (unpaired) electrons. The van der Waals surface area contributed by atoms with Crippen molar-refractivity contribution in [1.82, 2.24) is 10.2 Å². The summed E-state index contributed by atoms with van der Waals surface area (Å²) in [6.45, 7) is 7.91. The van der Waals surface area contributed by atoms with E-state index in [-0.39, 0.29) is 5.92 Å². The van der Waals surface area contributed by atoms with Gasteiger partial charge < -0.3 is 15.2 Å². The molecule has 2 aliphatic rings. The van der Waals surface area contributed by atoms with Crippen LogP contribution in [-0.4, -0.2) is 49.3 Å². The molecule has 0 amide bonds. The fourth-order valence-corrected chi connectivity index (χ4v) is 3.97. The summed E-state index contributed by atoms with van der Waals surface area (Å²) in [5.41, 5.74) is 1.81. The van der Waals surface area contributed by atoms with Crippen molar-refractivity contribution in [3.05, 3.63) is 29.3 Å². The van der Waals surface area contributed by atoms with Gasteiger partial charge in [0.25, 0.3) is 0 Å². The number of fused-ring (bicyclic) bond motifs is 1. The van der Waals surface area contributed by atoms with Gasteiger partial charge in [0, 0.05) is 44.2 Å². The fraction of sp³-hybridized carbons (Fsp3) is 0.611. The Balaban J connectivity index is 1.80. The van der Waals surface area contributed by atoms with E-state index in [1.165, 1.54) is 5.56 Å². The minimum atomic E-state index is -0.669. The normalized spacial score (nSPS) is 27.4. The second kappa shape index (κ2) is 6.13. The highest BCUT2D eigenvalue weighted by atomic mass is 16.5. The van der Waals surface area contributed by atoms with E-state index in [1.807, 2.05) is 6.07 Å². The number of nitrogens with one attached hydrogen (secondary N) is 1. The lowest BCUT2D eigenvalue weighted by atomic mass is 9.81. The van der Waals surface area contributed by atoms with E-state index in [4.69, 9.17) is 4.74 Å². The molecule has 3 rings (SSSR count). The lowest BCUT2D eigenvalue weighted by Crippen LogP contribution is -2.40. The van der Waals surface area contributed by atoms with Crippen LogP contribution in [0.25, 0.3) is 0 Å². The fourth-order valence-electron chi connectivity index (χ4n) is 3.97. The number of nitrogens with zero attached hydrogens (tertiary/aromatic N) is 1. The lowest BCUT2D eigenvalue weighted by molar-refractivity contribution is -0.148. The summed E-state index contributed by atoms with van der Waals surface area (Å²) in [7, 11) is 1.69. The number of benzene rings is 1. The molecule has 0 aliphatic carbocycles. The third-order valence-corrected chi connectivity index (χ3v) is 5.39. The smallest absolute Gasteiger partial charge is 0.312 e. The van der Waals surface area contributed by atoms with Crippen LogP contribution in [0.3, 0.4) is 0 Å². The molecule has 2 atom stereocenters. The van der Waals surface area contributed by atoms with Gasteiger partial charge >= 0.3 is 5.97 Å². The first-order valence-corrected chi connectivity index (χ1v) is 8.29. The standard InChI is InChI=1S/C18H26N2O3/c1-12(2)13-4-5-16(23-3)14(6-13)8-20-9-15-7-19-10-18(15,11-20)17(21)22/h4-6,12,15,19H,7-11H2,1-3H3,(H,21,22)/t15-,18-/m0/s1. The lowest BCUT2D eigenvalue weighted by Gasteiger charge is -2.23. The molecule has 2 aliphatic heterocycles. The zero-order valence-corrected chi connectivity index (χ0v) is 14.1. The third kappa shape index (κ3) is 2.83. The Kier molecular flexibility index (Phi) is 4.34. The number of hydrogen-bond donors (Lipinski definition) is 2. The maximum atomic E-state index is 11.8. The van der Waals surface area contributed by atoms with E-state index in [1.54, 1.807) is 7.11 Å². The van der Waals surface area contributed by atoms with Crippen molar-refractivity contribution in [3.63, 3.8) is 0 Å². The van der Waals surface area contributed by atoms with Crippen LogP contribution in [0.2, 0.25) is 0 Å². The van der Waals surface area contributed by atoms with Gasteiger partial charge in [0.2, 0.25) is 0 Å². The van der Waals surface area contributed by atoms with E-state index in [9.17, 15) is 9.90 Å². The molecule has 1 aromatic rings.